The molecule has 1 aromatic heterocycles. The van der Waals surface area contributed by atoms with Gasteiger partial charge in [-0.1, -0.05) is 74.0 Å². The molecule has 1 unspecified atom stereocenters. The Morgan fingerprint density at radius 1 is 1.05 bits per heavy atom. The summed E-state index contributed by atoms with van der Waals surface area (Å²) in [5, 5.41) is 15.2. The molecule has 220 valence electrons. The van der Waals surface area contributed by atoms with Crippen LogP contribution in [0.1, 0.15) is 80.5 Å². The Hall–Kier alpha value is -2.96. The Labute approximate surface area is 246 Å². The average molecular weight is 557 g/mol. The third-order valence-electron chi connectivity index (χ3n) is 10.0. The van der Waals surface area contributed by atoms with Gasteiger partial charge in [0.2, 0.25) is 0 Å². The first-order valence-electron chi connectivity index (χ1n) is 15.6. The van der Waals surface area contributed by atoms with Crippen molar-refractivity contribution in [2.45, 2.75) is 77.8 Å². The highest BCUT2D eigenvalue weighted by Gasteiger charge is 2.48. The monoisotopic (exact) mass is 556 g/mol. The number of rotatable bonds is 10. The van der Waals surface area contributed by atoms with Gasteiger partial charge in [-0.05, 0) is 75.7 Å². The standard InChI is InChI=1S/C35H48N4O2/c1-6-39-33(21-31(36-39)20-27-12-8-7-9-13-27)28-15-17-37(18-16-28)22-30-23-38(35(5,25(2)3)34(40)41)24-32(30)29-14-10-11-26(4)19-29/h7-14,19,21,25,28,30,32H,6,15-18,20,22-24H2,1-5H3,(H,40,41)/t30-,32+,35?/m0/s1. The molecule has 6 heteroatoms. The van der Waals surface area contributed by atoms with Gasteiger partial charge in [-0.25, -0.2) is 0 Å². The van der Waals surface area contributed by atoms with Crippen LogP contribution in [0.3, 0.4) is 0 Å². The number of piperidine rings is 1. The van der Waals surface area contributed by atoms with Crippen molar-refractivity contribution < 1.29 is 9.90 Å². The van der Waals surface area contributed by atoms with Crippen molar-refractivity contribution >= 4 is 5.97 Å². The summed E-state index contributed by atoms with van der Waals surface area (Å²) >= 11 is 0. The van der Waals surface area contributed by atoms with Crippen LogP contribution in [0.25, 0.3) is 0 Å². The number of benzene rings is 2. The molecule has 41 heavy (non-hydrogen) atoms. The van der Waals surface area contributed by atoms with E-state index in [0.717, 1.165) is 64.2 Å². The zero-order chi connectivity index (χ0) is 29.1. The van der Waals surface area contributed by atoms with Crippen LogP contribution in [0.15, 0.2) is 60.7 Å². The van der Waals surface area contributed by atoms with E-state index in [2.05, 4.69) is 89.0 Å². The summed E-state index contributed by atoms with van der Waals surface area (Å²) in [7, 11) is 0. The smallest absolute Gasteiger partial charge is 0.324 e. The number of aryl methyl sites for hydroxylation is 2. The quantitative estimate of drug-likeness (QED) is 0.322. The normalized spacial score (nSPS) is 22.3. The molecule has 1 N–H and O–H groups in total. The summed E-state index contributed by atoms with van der Waals surface area (Å²) in [6.45, 7) is 16.0. The molecule has 2 aromatic carbocycles. The summed E-state index contributed by atoms with van der Waals surface area (Å²) in [6, 6.07) is 21.8. The van der Waals surface area contributed by atoms with Gasteiger partial charge < -0.3 is 10.0 Å². The van der Waals surface area contributed by atoms with E-state index in [4.69, 9.17) is 5.10 Å². The topological polar surface area (TPSA) is 61.6 Å². The maximum absolute atomic E-state index is 12.5. The summed E-state index contributed by atoms with van der Waals surface area (Å²) in [6.07, 6.45) is 3.16. The predicted octanol–water partition coefficient (Wildman–Crippen LogP) is 6.20. The van der Waals surface area contributed by atoms with Crippen LogP contribution in [0.4, 0.5) is 0 Å². The number of carbonyl (C=O) groups is 1. The van der Waals surface area contributed by atoms with E-state index in [1.54, 1.807) is 0 Å². The molecule has 2 aliphatic rings. The van der Waals surface area contributed by atoms with E-state index < -0.39 is 11.5 Å². The van der Waals surface area contributed by atoms with Crippen molar-refractivity contribution in [1.29, 1.82) is 0 Å². The van der Waals surface area contributed by atoms with Gasteiger partial charge in [-0.2, -0.15) is 5.10 Å². The van der Waals surface area contributed by atoms with Gasteiger partial charge in [0.1, 0.15) is 5.54 Å². The van der Waals surface area contributed by atoms with E-state index in [1.807, 2.05) is 20.8 Å². The molecular formula is C35H48N4O2. The molecule has 5 rings (SSSR count). The Morgan fingerprint density at radius 2 is 1.78 bits per heavy atom. The van der Waals surface area contributed by atoms with Gasteiger partial charge in [-0.3, -0.25) is 14.4 Å². The lowest BCUT2D eigenvalue weighted by Crippen LogP contribution is -2.55. The summed E-state index contributed by atoms with van der Waals surface area (Å²) in [4.78, 5) is 17.4. The molecule has 2 aliphatic heterocycles. The first-order valence-corrected chi connectivity index (χ1v) is 15.6. The number of aliphatic carboxylic acids is 1. The fraction of sp³-hybridized carbons (Fsp3) is 0.543. The number of likely N-dealkylation sites (tertiary alicyclic amines) is 2. The summed E-state index contributed by atoms with van der Waals surface area (Å²) in [5.74, 6) is 0.600. The molecule has 3 atom stereocenters. The maximum Gasteiger partial charge on any atom is 0.324 e. The third kappa shape index (κ3) is 6.29. The van der Waals surface area contributed by atoms with Crippen molar-refractivity contribution in [2.75, 3.05) is 32.7 Å². The molecule has 3 heterocycles. The fourth-order valence-electron chi connectivity index (χ4n) is 7.16. The molecule has 0 saturated carbocycles. The van der Waals surface area contributed by atoms with Gasteiger partial charge in [-0.15, -0.1) is 0 Å². The molecule has 0 spiro atoms. The lowest BCUT2D eigenvalue weighted by molar-refractivity contribution is -0.153. The zero-order valence-electron chi connectivity index (χ0n) is 25.6. The molecule has 0 radical (unpaired) electrons. The first-order chi connectivity index (χ1) is 19.7. The molecule has 2 fully saturated rings. The molecule has 3 aromatic rings. The van der Waals surface area contributed by atoms with Gasteiger partial charge in [0.05, 0.1) is 5.69 Å². The van der Waals surface area contributed by atoms with Gasteiger partial charge in [0, 0.05) is 50.1 Å². The minimum Gasteiger partial charge on any atom is -0.480 e. The third-order valence-corrected chi connectivity index (χ3v) is 10.0. The number of aromatic nitrogens is 2. The van der Waals surface area contributed by atoms with Crippen molar-refractivity contribution in [1.82, 2.24) is 19.6 Å². The molecule has 0 aliphatic carbocycles. The molecule has 2 saturated heterocycles. The number of nitrogens with zero attached hydrogens (tertiary/aromatic N) is 4. The van der Waals surface area contributed by atoms with Gasteiger partial charge in [0.25, 0.3) is 0 Å². The Balaban J connectivity index is 1.28. The van der Waals surface area contributed by atoms with E-state index in [-0.39, 0.29) is 5.92 Å². The van der Waals surface area contributed by atoms with Crippen LogP contribution >= 0.6 is 0 Å². The molecule has 0 bridgehead atoms. The van der Waals surface area contributed by atoms with Crippen LogP contribution in [0.5, 0.6) is 0 Å². The van der Waals surface area contributed by atoms with Crippen LogP contribution < -0.4 is 0 Å². The van der Waals surface area contributed by atoms with E-state index in [0.29, 0.717) is 17.8 Å². The first kappa shape index (κ1) is 29.5. The highest BCUT2D eigenvalue weighted by atomic mass is 16.4. The highest BCUT2D eigenvalue weighted by Crippen LogP contribution is 2.40. The van der Waals surface area contributed by atoms with Crippen molar-refractivity contribution in [3.05, 3.63) is 88.7 Å². The minimum atomic E-state index is -0.861. The molecule has 0 amide bonds. The highest BCUT2D eigenvalue weighted by molar-refractivity contribution is 5.78. The van der Waals surface area contributed by atoms with Crippen molar-refractivity contribution in [2.24, 2.45) is 11.8 Å². The van der Waals surface area contributed by atoms with Crippen LogP contribution in [0, 0.1) is 18.8 Å². The average Bonchev–Trinajstić information content (AvgIpc) is 3.57. The Kier molecular flexibility index (Phi) is 9.00. The second kappa shape index (κ2) is 12.5. The van der Waals surface area contributed by atoms with Gasteiger partial charge in [0.15, 0.2) is 0 Å². The minimum absolute atomic E-state index is 0.0304. The van der Waals surface area contributed by atoms with Crippen LogP contribution in [0.2, 0.25) is 0 Å². The molecule has 6 nitrogen and oxygen atoms in total. The van der Waals surface area contributed by atoms with Crippen LogP contribution in [-0.2, 0) is 17.8 Å². The predicted molar refractivity (Wildman–Crippen MR) is 165 cm³/mol. The number of hydrogen-bond donors (Lipinski definition) is 1. The van der Waals surface area contributed by atoms with E-state index in [9.17, 15) is 9.90 Å². The summed E-state index contributed by atoms with van der Waals surface area (Å²) in [5.41, 5.74) is 5.61. The maximum atomic E-state index is 12.5. The SMILES string of the molecule is CCn1nc(Cc2ccccc2)cc1C1CCN(C[C@H]2CN(C(C)(C(=O)O)C(C)C)C[C@@H]2c2cccc(C)c2)CC1. The largest absolute Gasteiger partial charge is 0.480 e. The Morgan fingerprint density at radius 3 is 2.41 bits per heavy atom. The Bertz CT molecular complexity index is 1310. The molecular weight excluding hydrogens is 508 g/mol. The fourth-order valence-corrected chi connectivity index (χ4v) is 7.16. The lowest BCUT2D eigenvalue weighted by atomic mass is 9.86. The van der Waals surface area contributed by atoms with Crippen LogP contribution in [-0.4, -0.2) is 68.9 Å². The lowest BCUT2D eigenvalue weighted by Gasteiger charge is -2.39. The van der Waals surface area contributed by atoms with Crippen molar-refractivity contribution in [3.8, 4) is 0 Å². The van der Waals surface area contributed by atoms with Gasteiger partial charge >= 0.3 is 5.97 Å². The second-order valence-corrected chi connectivity index (χ2v) is 12.9. The second-order valence-electron chi connectivity index (χ2n) is 12.9. The van der Waals surface area contributed by atoms with E-state index in [1.165, 1.54) is 22.4 Å². The summed E-state index contributed by atoms with van der Waals surface area (Å²) < 4.78 is 2.22. The zero-order valence-corrected chi connectivity index (χ0v) is 25.6. The van der Waals surface area contributed by atoms with Crippen molar-refractivity contribution in [3.63, 3.8) is 0 Å². The van der Waals surface area contributed by atoms with E-state index >= 15 is 0 Å². The number of hydrogen-bond acceptors (Lipinski definition) is 4. The number of carboxylic acids is 1. The number of carboxylic acid groups (broad SMARTS) is 1.